The highest BCUT2D eigenvalue weighted by molar-refractivity contribution is 9.10. The minimum Gasteiger partial charge on any atom is -0.316 e. The first kappa shape index (κ1) is 16.0. The van der Waals surface area contributed by atoms with Gasteiger partial charge in [0.25, 0.3) is 0 Å². The number of nitrogens with one attached hydrogen (secondary N) is 1. The minimum absolute atomic E-state index is 0.168. The molecule has 0 heterocycles. The molecule has 112 valence electrons. The summed E-state index contributed by atoms with van der Waals surface area (Å²) in [7, 11) is 0. The zero-order valence-electron chi connectivity index (χ0n) is 12.5. The van der Waals surface area contributed by atoms with Crippen LogP contribution in [-0.4, -0.2) is 13.1 Å². The lowest BCUT2D eigenvalue weighted by Crippen LogP contribution is -2.35. The van der Waals surface area contributed by atoms with Crippen LogP contribution in [0.2, 0.25) is 0 Å². The van der Waals surface area contributed by atoms with Gasteiger partial charge in [-0.15, -0.1) is 0 Å². The Bertz CT molecular complexity index is 439. The van der Waals surface area contributed by atoms with Crippen molar-refractivity contribution >= 4 is 15.9 Å². The van der Waals surface area contributed by atoms with Crippen molar-refractivity contribution in [3.63, 3.8) is 0 Å². The lowest BCUT2D eigenvalue weighted by molar-refractivity contribution is 0.272. The molecule has 0 spiro atoms. The van der Waals surface area contributed by atoms with Crippen molar-refractivity contribution in [1.82, 2.24) is 5.32 Å². The van der Waals surface area contributed by atoms with Gasteiger partial charge in [-0.25, -0.2) is 4.39 Å². The summed E-state index contributed by atoms with van der Waals surface area (Å²) in [5.74, 6) is 0.519. The molecule has 0 atom stereocenters. The normalized spacial score (nSPS) is 17.9. The summed E-state index contributed by atoms with van der Waals surface area (Å²) in [4.78, 5) is 0. The summed E-state index contributed by atoms with van der Waals surface area (Å²) in [6.07, 6.45) is 6.24. The highest BCUT2D eigenvalue weighted by Crippen LogP contribution is 2.41. The third-order valence-electron chi connectivity index (χ3n) is 4.30. The summed E-state index contributed by atoms with van der Waals surface area (Å²) in [5.41, 5.74) is 1.59. The molecule has 0 amide bonds. The van der Waals surface area contributed by atoms with Crippen LogP contribution in [0.1, 0.15) is 45.1 Å². The average Bonchev–Trinajstić information content (AvgIpc) is 2.81. The van der Waals surface area contributed by atoms with E-state index in [-0.39, 0.29) is 5.82 Å². The molecule has 0 aliphatic heterocycles. The molecule has 1 aromatic carbocycles. The smallest absolute Gasteiger partial charge is 0.124 e. The molecule has 2 rings (SSSR count). The quantitative estimate of drug-likeness (QED) is 0.772. The van der Waals surface area contributed by atoms with Gasteiger partial charge in [0.05, 0.1) is 0 Å². The van der Waals surface area contributed by atoms with Crippen molar-refractivity contribution in [2.24, 2.45) is 11.3 Å². The van der Waals surface area contributed by atoms with E-state index >= 15 is 0 Å². The molecule has 1 aliphatic carbocycles. The number of rotatable bonds is 6. The van der Waals surface area contributed by atoms with E-state index in [4.69, 9.17) is 0 Å². The molecule has 0 radical (unpaired) electrons. The van der Waals surface area contributed by atoms with E-state index in [9.17, 15) is 4.39 Å². The van der Waals surface area contributed by atoms with Gasteiger partial charge in [-0.3, -0.25) is 0 Å². The Kier molecular flexibility index (Phi) is 5.62. The maximum absolute atomic E-state index is 13.2. The minimum atomic E-state index is -0.168. The Morgan fingerprint density at radius 2 is 2.00 bits per heavy atom. The van der Waals surface area contributed by atoms with Crippen LogP contribution >= 0.6 is 15.9 Å². The van der Waals surface area contributed by atoms with Crippen LogP contribution in [0.4, 0.5) is 4.39 Å². The van der Waals surface area contributed by atoms with Gasteiger partial charge in [-0.05, 0) is 54.8 Å². The van der Waals surface area contributed by atoms with Gasteiger partial charge in [0, 0.05) is 11.0 Å². The first-order valence-electron chi connectivity index (χ1n) is 7.65. The van der Waals surface area contributed by atoms with Crippen molar-refractivity contribution < 1.29 is 4.39 Å². The van der Waals surface area contributed by atoms with Gasteiger partial charge in [-0.1, -0.05) is 48.7 Å². The summed E-state index contributed by atoms with van der Waals surface area (Å²) in [5, 5.41) is 3.63. The van der Waals surface area contributed by atoms with E-state index in [1.165, 1.54) is 31.2 Å². The predicted molar refractivity (Wildman–Crippen MR) is 86.4 cm³/mol. The van der Waals surface area contributed by atoms with Crippen LogP contribution in [0.15, 0.2) is 22.7 Å². The Labute approximate surface area is 130 Å². The summed E-state index contributed by atoms with van der Waals surface area (Å²) in [6, 6.07) is 5.09. The largest absolute Gasteiger partial charge is 0.316 e. The lowest BCUT2D eigenvalue weighted by atomic mass is 9.80. The molecule has 1 saturated carbocycles. The average molecular weight is 342 g/mol. The number of hydrogen-bond donors (Lipinski definition) is 1. The standard InChI is InChI=1S/C17H25BrFN/c1-13(2)11-20-12-17(7-3-4-8-17)10-14-5-6-15(19)9-16(14)18/h5-6,9,13,20H,3-4,7-8,10-12H2,1-2H3. The van der Waals surface area contributed by atoms with Crippen molar-refractivity contribution in [1.29, 1.82) is 0 Å². The summed E-state index contributed by atoms with van der Waals surface area (Å²) < 4.78 is 14.1. The predicted octanol–water partition coefficient (Wildman–Crippen LogP) is 4.94. The molecule has 20 heavy (non-hydrogen) atoms. The van der Waals surface area contributed by atoms with Crippen LogP contribution in [0.5, 0.6) is 0 Å². The van der Waals surface area contributed by atoms with Crippen LogP contribution in [0.25, 0.3) is 0 Å². The SMILES string of the molecule is CC(C)CNCC1(Cc2ccc(F)cc2Br)CCCC1. The van der Waals surface area contributed by atoms with E-state index in [0.717, 1.165) is 24.0 Å². The van der Waals surface area contributed by atoms with E-state index < -0.39 is 0 Å². The first-order chi connectivity index (χ1) is 9.51. The zero-order chi connectivity index (χ0) is 14.6. The van der Waals surface area contributed by atoms with Crippen molar-refractivity contribution in [2.75, 3.05) is 13.1 Å². The number of hydrogen-bond acceptors (Lipinski definition) is 1. The molecule has 1 fully saturated rings. The molecule has 1 aromatic rings. The molecule has 1 N–H and O–H groups in total. The second-order valence-corrected chi connectivity index (χ2v) is 7.50. The summed E-state index contributed by atoms with van der Waals surface area (Å²) in [6.45, 7) is 6.64. The fraction of sp³-hybridized carbons (Fsp3) is 0.647. The van der Waals surface area contributed by atoms with Crippen LogP contribution in [0, 0.1) is 17.2 Å². The monoisotopic (exact) mass is 341 g/mol. The molecule has 1 aliphatic rings. The van der Waals surface area contributed by atoms with E-state index in [1.807, 2.05) is 6.07 Å². The van der Waals surface area contributed by atoms with Crippen LogP contribution in [0.3, 0.4) is 0 Å². The fourth-order valence-electron chi connectivity index (χ4n) is 3.24. The fourth-order valence-corrected chi connectivity index (χ4v) is 3.73. The van der Waals surface area contributed by atoms with Crippen molar-refractivity contribution in [2.45, 2.75) is 46.0 Å². The zero-order valence-corrected chi connectivity index (χ0v) is 14.1. The second-order valence-electron chi connectivity index (χ2n) is 6.64. The first-order valence-corrected chi connectivity index (χ1v) is 8.45. The van der Waals surface area contributed by atoms with Gasteiger partial charge in [0.2, 0.25) is 0 Å². The van der Waals surface area contributed by atoms with E-state index in [2.05, 4.69) is 35.1 Å². The highest BCUT2D eigenvalue weighted by Gasteiger charge is 2.34. The van der Waals surface area contributed by atoms with Gasteiger partial charge < -0.3 is 5.32 Å². The van der Waals surface area contributed by atoms with E-state index in [1.54, 1.807) is 12.1 Å². The molecular formula is C17H25BrFN. The maximum Gasteiger partial charge on any atom is 0.124 e. The molecule has 1 nitrogen and oxygen atoms in total. The maximum atomic E-state index is 13.2. The van der Waals surface area contributed by atoms with Crippen molar-refractivity contribution in [3.05, 3.63) is 34.1 Å². The Balaban J connectivity index is 2.04. The Morgan fingerprint density at radius 1 is 1.30 bits per heavy atom. The molecule has 0 bridgehead atoms. The third-order valence-corrected chi connectivity index (χ3v) is 5.04. The van der Waals surface area contributed by atoms with Crippen LogP contribution < -0.4 is 5.32 Å². The van der Waals surface area contributed by atoms with Crippen LogP contribution in [-0.2, 0) is 6.42 Å². The lowest BCUT2D eigenvalue weighted by Gasteiger charge is -2.30. The number of halogens is 2. The molecule has 3 heteroatoms. The topological polar surface area (TPSA) is 12.0 Å². The Morgan fingerprint density at radius 3 is 2.60 bits per heavy atom. The van der Waals surface area contributed by atoms with E-state index in [0.29, 0.717) is 11.3 Å². The highest BCUT2D eigenvalue weighted by atomic mass is 79.9. The van der Waals surface area contributed by atoms with Gasteiger partial charge in [0.1, 0.15) is 5.82 Å². The third kappa shape index (κ3) is 4.29. The Hall–Kier alpha value is -0.410. The second kappa shape index (κ2) is 7.04. The van der Waals surface area contributed by atoms with Gasteiger partial charge >= 0.3 is 0 Å². The molecular weight excluding hydrogens is 317 g/mol. The molecule has 0 unspecified atom stereocenters. The van der Waals surface area contributed by atoms with Gasteiger partial charge in [-0.2, -0.15) is 0 Å². The number of benzene rings is 1. The van der Waals surface area contributed by atoms with Crippen molar-refractivity contribution in [3.8, 4) is 0 Å². The molecule has 0 saturated heterocycles. The molecule has 0 aromatic heterocycles. The van der Waals surface area contributed by atoms with Gasteiger partial charge in [0.15, 0.2) is 0 Å². The summed E-state index contributed by atoms with van der Waals surface area (Å²) >= 11 is 3.51.